The van der Waals surface area contributed by atoms with Crippen LogP contribution < -0.4 is 10.6 Å². The highest BCUT2D eigenvalue weighted by Crippen LogP contribution is 2.35. The van der Waals surface area contributed by atoms with E-state index in [0.717, 1.165) is 17.7 Å². The molecular weight excluding hydrogens is 188 g/mol. The maximum atomic E-state index is 11.6. The second-order valence-electron chi connectivity index (χ2n) is 4.14. The number of anilines is 1. The minimum atomic E-state index is 0.0480. The van der Waals surface area contributed by atoms with Crippen molar-refractivity contribution in [2.45, 2.75) is 32.4 Å². The highest BCUT2D eigenvalue weighted by molar-refractivity contribution is 5.93. The van der Waals surface area contributed by atoms with Gasteiger partial charge in [0.2, 0.25) is 5.91 Å². The van der Waals surface area contributed by atoms with Crippen molar-refractivity contribution >= 4 is 11.6 Å². The first kappa shape index (κ1) is 10.2. The smallest absolute Gasteiger partial charge is 0.224 e. The molecule has 1 aromatic carbocycles. The molecule has 1 aliphatic heterocycles. The van der Waals surface area contributed by atoms with E-state index in [4.69, 9.17) is 5.73 Å². The Kier molecular flexibility index (Phi) is 2.49. The van der Waals surface area contributed by atoms with Gasteiger partial charge in [-0.1, -0.05) is 18.2 Å². The maximum absolute atomic E-state index is 11.6. The Hall–Kier alpha value is -1.35. The van der Waals surface area contributed by atoms with Crippen molar-refractivity contribution in [3.05, 3.63) is 29.8 Å². The quantitative estimate of drug-likeness (QED) is 0.700. The fourth-order valence-corrected chi connectivity index (χ4v) is 2.34. The Labute approximate surface area is 89.9 Å². The summed E-state index contributed by atoms with van der Waals surface area (Å²) >= 11 is 0. The van der Waals surface area contributed by atoms with Gasteiger partial charge in [0.15, 0.2) is 0 Å². The Bertz CT molecular complexity index is 389. The third-order valence-corrected chi connectivity index (χ3v) is 2.97. The van der Waals surface area contributed by atoms with Gasteiger partial charge >= 0.3 is 0 Å². The lowest BCUT2D eigenvalue weighted by Gasteiger charge is -2.37. The van der Waals surface area contributed by atoms with Crippen LogP contribution in [0.4, 0.5) is 5.69 Å². The number of carbonyl (C=O) groups excluding carboxylic acids is 1. The second-order valence-corrected chi connectivity index (χ2v) is 4.14. The summed E-state index contributed by atoms with van der Waals surface area (Å²) < 4.78 is 0. The van der Waals surface area contributed by atoms with E-state index in [1.54, 1.807) is 6.92 Å². The number of hydrogen-bond acceptors (Lipinski definition) is 2. The molecule has 2 N–H and O–H groups in total. The molecule has 1 aliphatic rings. The monoisotopic (exact) mass is 204 g/mol. The molecule has 0 saturated carbocycles. The number of carbonyl (C=O) groups is 1. The van der Waals surface area contributed by atoms with Crippen LogP contribution in [-0.4, -0.2) is 11.9 Å². The van der Waals surface area contributed by atoms with E-state index in [1.165, 1.54) is 0 Å². The van der Waals surface area contributed by atoms with Crippen LogP contribution in [0.5, 0.6) is 0 Å². The van der Waals surface area contributed by atoms with Gasteiger partial charge in [-0.2, -0.15) is 0 Å². The first-order valence-electron chi connectivity index (χ1n) is 5.25. The number of nitrogens with zero attached hydrogens (tertiary/aromatic N) is 1. The van der Waals surface area contributed by atoms with Crippen LogP contribution in [-0.2, 0) is 4.79 Å². The average molecular weight is 204 g/mol. The lowest BCUT2D eigenvalue weighted by molar-refractivity contribution is -0.117. The molecule has 1 aromatic rings. The molecular formula is C12H16N2O. The van der Waals surface area contributed by atoms with Crippen LogP contribution in [0.1, 0.15) is 31.9 Å². The largest absolute Gasteiger partial charge is 0.324 e. The van der Waals surface area contributed by atoms with Crippen molar-refractivity contribution < 1.29 is 4.79 Å². The van der Waals surface area contributed by atoms with Gasteiger partial charge < -0.3 is 10.6 Å². The normalized spacial score (nSPS) is 24.9. The topological polar surface area (TPSA) is 46.3 Å². The van der Waals surface area contributed by atoms with Gasteiger partial charge in [0, 0.05) is 24.7 Å². The molecule has 0 fully saturated rings. The Balaban J connectivity index is 2.51. The van der Waals surface area contributed by atoms with Crippen LogP contribution in [0.25, 0.3) is 0 Å². The maximum Gasteiger partial charge on any atom is 0.224 e. The molecule has 3 nitrogen and oxygen atoms in total. The fourth-order valence-electron chi connectivity index (χ4n) is 2.34. The number of hydrogen-bond donors (Lipinski definition) is 1. The van der Waals surface area contributed by atoms with Gasteiger partial charge in [0.25, 0.3) is 0 Å². The summed E-state index contributed by atoms with van der Waals surface area (Å²) in [6.07, 6.45) is 0.830. The first-order chi connectivity index (χ1) is 7.11. The van der Waals surface area contributed by atoms with Crippen molar-refractivity contribution in [1.29, 1.82) is 0 Å². The second kappa shape index (κ2) is 3.66. The third-order valence-electron chi connectivity index (χ3n) is 2.97. The molecule has 0 saturated heterocycles. The predicted molar refractivity (Wildman–Crippen MR) is 60.6 cm³/mol. The lowest BCUT2D eigenvalue weighted by atomic mass is 9.92. The highest BCUT2D eigenvalue weighted by atomic mass is 16.2. The number of fused-ring (bicyclic) bond motifs is 1. The van der Waals surface area contributed by atoms with E-state index in [2.05, 4.69) is 0 Å². The van der Waals surface area contributed by atoms with E-state index in [0.29, 0.717) is 0 Å². The summed E-state index contributed by atoms with van der Waals surface area (Å²) in [6, 6.07) is 8.11. The Morgan fingerprint density at radius 1 is 1.47 bits per heavy atom. The van der Waals surface area contributed by atoms with Gasteiger partial charge in [-0.25, -0.2) is 0 Å². The Morgan fingerprint density at radius 2 is 2.13 bits per heavy atom. The summed E-state index contributed by atoms with van der Waals surface area (Å²) in [5.41, 5.74) is 8.10. The molecule has 0 aromatic heterocycles. The molecule has 0 spiro atoms. The zero-order valence-electron chi connectivity index (χ0n) is 9.10. The number of rotatable bonds is 0. The minimum Gasteiger partial charge on any atom is -0.324 e. The fraction of sp³-hybridized carbons (Fsp3) is 0.417. The van der Waals surface area contributed by atoms with Crippen molar-refractivity contribution in [2.24, 2.45) is 5.73 Å². The molecule has 2 rings (SSSR count). The molecule has 80 valence electrons. The SMILES string of the molecule is CC(=O)N1c2ccccc2C(N)CC1C. The summed E-state index contributed by atoms with van der Waals surface area (Å²) in [7, 11) is 0. The zero-order chi connectivity index (χ0) is 11.0. The van der Waals surface area contributed by atoms with Gasteiger partial charge in [0.1, 0.15) is 0 Å². The number of nitrogens with two attached hydrogens (primary N) is 1. The summed E-state index contributed by atoms with van der Waals surface area (Å²) in [5.74, 6) is 0.0850. The van der Waals surface area contributed by atoms with Crippen LogP contribution in [0, 0.1) is 0 Å². The summed E-state index contributed by atoms with van der Waals surface area (Å²) in [4.78, 5) is 13.4. The molecule has 0 bridgehead atoms. The van der Waals surface area contributed by atoms with Gasteiger partial charge in [-0.3, -0.25) is 4.79 Å². The van der Waals surface area contributed by atoms with Crippen LogP contribution >= 0.6 is 0 Å². The molecule has 0 aliphatic carbocycles. The van der Waals surface area contributed by atoms with Gasteiger partial charge in [-0.05, 0) is 25.0 Å². The van der Waals surface area contributed by atoms with Crippen molar-refractivity contribution in [1.82, 2.24) is 0 Å². The summed E-state index contributed by atoms with van der Waals surface area (Å²) in [6.45, 7) is 3.64. The Morgan fingerprint density at radius 3 is 2.80 bits per heavy atom. The van der Waals surface area contributed by atoms with Crippen LogP contribution in [0.3, 0.4) is 0 Å². The highest BCUT2D eigenvalue weighted by Gasteiger charge is 2.29. The van der Waals surface area contributed by atoms with E-state index < -0.39 is 0 Å². The van der Waals surface area contributed by atoms with E-state index in [-0.39, 0.29) is 18.0 Å². The molecule has 1 heterocycles. The standard InChI is InChI=1S/C12H16N2O/c1-8-7-11(13)10-5-3-4-6-12(10)14(8)9(2)15/h3-6,8,11H,7,13H2,1-2H3. The minimum absolute atomic E-state index is 0.0480. The van der Waals surface area contributed by atoms with E-state index >= 15 is 0 Å². The van der Waals surface area contributed by atoms with Gasteiger partial charge in [-0.15, -0.1) is 0 Å². The van der Waals surface area contributed by atoms with Crippen molar-refractivity contribution in [3.63, 3.8) is 0 Å². The van der Waals surface area contributed by atoms with Gasteiger partial charge in [0.05, 0.1) is 0 Å². The van der Waals surface area contributed by atoms with E-state index in [9.17, 15) is 4.79 Å². The molecule has 2 unspecified atom stereocenters. The summed E-state index contributed by atoms with van der Waals surface area (Å²) in [5, 5.41) is 0. The average Bonchev–Trinajstić information content (AvgIpc) is 2.17. The van der Waals surface area contributed by atoms with Crippen LogP contribution in [0.15, 0.2) is 24.3 Å². The molecule has 3 heteroatoms. The zero-order valence-corrected chi connectivity index (χ0v) is 9.10. The molecule has 2 atom stereocenters. The molecule has 1 amide bonds. The van der Waals surface area contributed by atoms with E-state index in [1.807, 2.05) is 36.1 Å². The first-order valence-corrected chi connectivity index (χ1v) is 5.25. The van der Waals surface area contributed by atoms with Crippen molar-refractivity contribution in [2.75, 3.05) is 4.90 Å². The third kappa shape index (κ3) is 1.63. The molecule has 15 heavy (non-hydrogen) atoms. The van der Waals surface area contributed by atoms with Crippen LogP contribution in [0.2, 0.25) is 0 Å². The lowest BCUT2D eigenvalue weighted by Crippen LogP contribution is -2.43. The van der Waals surface area contributed by atoms with Crippen molar-refractivity contribution in [3.8, 4) is 0 Å². The molecule has 0 radical (unpaired) electrons. The predicted octanol–water partition coefficient (Wildman–Crippen LogP) is 1.83. The number of benzene rings is 1. The number of amides is 1. The number of para-hydroxylation sites is 1.